The van der Waals surface area contributed by atoms with Crippen molar-refractivity contribution in [1.29, 1.82) is 0 Å². The summed E-state index contributed by atoms with van der Waals surface area (Å²) in [5, 5.41) is 0. The van der Waals surface area contributed by atoms with Crippen LogP contribution in [0.3, 0.4) is 0 Å². The van der Waals surface area contributed by atoms with E-state index < -0.39 is 0 Å². The van der Waals surface area contributed by atoms with E-state index in [0.717, 1.165) is 41.6 Å². The summed E-state index contributed by atoms with van der Waals surface area (Å²) in [5.74, 6) is 4.95. The summed E-state index contributed by atoms with van der Waals surface area (Å²) in [7, 11) is 0. The van der Waals surface area contributed by atoms with Gasteiger partial charge >= 0.3 is 0 Å². The maximum atomic E-state index is 14.3. The molecule has 39 heavy (non-hydrogen) atoms. The Morgan fingerprint density at radius 3 is 1.54 bits per heavy atom. The van der Waals surface area contributed by atoms with Crippen LogP contribution < -0.4 is 0 Å². The van der Waals surface area contributed by atoms with Gasteiger partial charge in [-0.2, -0.15) is 0 Å². The first-order valence-electron chi connectivity index (χ1n) is 17.0. The van der Waals surface area contributed by atoms with Gasteiger partial charge in [0.25, 0.3) is 0 Å². The Bertz CT molecular complexity index is 982. The molecule has 3 saturated carbocycles. The van der Waals surface area contributed by atoms with Crippen LogP contribution in [-0.2, 0) is 6.42 Å². The first-order chi connectivity index (χ1) is 19.1. The Morgan fingerprint density at radius 1 is 0.564 bits per heavy atom. The van der Waals surface area contributed by atoms with Gasteiger partial charge < -0.3 is 0 Å². The third-order valence-corrected chi connectivity index (χ3v) is 11.3. The summed E-state index contributed by atoms with van der Waals surface area (Å²) >= 11 is 0. The second kappa shape index (κ2) is 14.3. The Balaban J connectivity index is 1.04. The number of hydrogen-bond donors (Lipinski definition) is 0. The molecule has 0 atom stereocenters. The first kappa shape index (κ1) is 28.9. The van der Waals surface area contributed by atoms with Crippen LogP contribution in [0.5, 0.6) is 0 Å². The minimum atomic E-state index is 0.00373. The quantitative estimate of drug-likeness (QED) is 0.268. The molecule has 0 bridgehead atoms. The van der Waals surface area contributed by atoms with Gasteiger partial charge in [0.1, 0.15) is 5.82 Å². The number of rotatable bonds is 10. The van der Waals surface area contributed by atoms with Crippen molar-refractivity contribution < 1.29 is 4.39 Å². The molecule has 0 N–H and O–H groups in total. The molecule has 0 radical (unpaired) electrons. The summed E-state index contributed by atoms with van der Waals surface area (Å²) in [6.45, 7) is 4.35. The van der Waals surface area contributed by atoms with Gasteiger partial charge in [-0.05, 0) is 147 Å². The van der Waals surface area contributed by atoms with Crippen molar-refractivity contribution in [2.45, 2.75) is 147 Å². The van der Waals surface area contributed by atoms with Crippen molar-refractivity contribution >= 4 is 0 Å². The van der Waals surface area contributed by atoms with Gasteiger partial charge in [0.15, 0.2) is 0 Å². The molecule has 0 nitrogen and oxygen atoms in total. The highest BCUT2D eigenvalue weighted by molar-refractivity contribution is 5.29. The number of halogens is 1. The Hall–Kier alpha value is -1.63. The summed E-state index contributed by atoms with van der Waals surface area (Å²) in [4.78, 5) is 0. The van der Waals surface area contributed by atoms with E-state index in [1.165, 1.54) is 115 Å². The van der Waals surface area contributed by atoms with E-state index in [-0.39, 0.29) is 5.82 Å². The van der Waals surface area contributed by atoms with Crippen molar-refractivity contribution in [3.63, 3.8) is 0 Å². The summed E-state index contributed by atoms with van der Waals surface area (Å²) in [5.41, 5.74) is 5.31. The zero-order chi connectivity index (χ0) is 27.0. The zero-order valence-corrected chi connectivity index (χ0v) is 25.1. The maximum absolute atomic E-state index is 14.3. The molecule has 0 unspecified atom stereocenters. The lowest BCUT2D eigenvalue weighted by molar-refractivity contribution is 0.177. The van der Waals surface area contributed by atoms with Gasteiger partial charge in [0.2, 0.25) is 0 Å². The number of unbranched alkanes of at least 4 members (excludes halogenated alkanes) is 3. The van der Waals surface area contributed by atoms with E-state index in [1.54, 1.807) is 11.1 Å². The Kier molecular flexibility index (Phi) is 10.6. The molecule has 0 amide bonds. The molecule has 3 aliphatic carbocycles. The smallest absolute Gasteiger partial charge is 0.126 e. The lowest BCUT2D eigenvalue weighted by atomic mass is 9.67. The van der Waals surface area contributed by atoms with Gasteiger partial charge in [-0.3, -0.25) is 0 Å². The fourth-order valence-corrected chi connectivity index (χ4v) is 8.64. The van der Waals surface area contributed by atoms with Crippen molar-refractivity contribution in [3.8, 4) is 0 Å². The largest absolute Gasteiger partial charge is 0.207 e. The van der Waals surface area contributed by atoms with Gasteiger partial charge in [-0.25, -0.2) is 4.39 Å². The molecule has 0 saturated heterocycles. The molecule has 0 aliphatic heterocycles. The zero-order valence-electron chi connectivity index (χ0n) is 25.1. The molecule has 5 rings (SSSR count). The molecule has 3 fully saturated rings. The molecular formula is C38H55F. The van der Waals surface area contributed by atoms with Crippen LogP contribution >= 0.6 is 0 Å². The molecule has 3 aliphatic rings. The fraction of sp³-hybridized carbons (Fsp3) is 0.684. The predicted molar refractivity (Wildman–Crippen MR) is 165 cm³/mol. The average molecular weight is 531 g/mol. The Morgan fingerprint density at radius 2 is 1.05 bits per heavy atom. The van der Waals surface area contributed by atoms with Crippen molar-refractivity contribution in [2.75, 3.05) is 0 Å². The minimum Gasteiger partial charge on any atom is -0.207 e. The molecule has 0 spiro atoms. The van der Waals surface area contributed by atoms with Crippen LogP contribution in [-0.4, -0.2) is 0 Å². The normalized spacial score (nSPS) is 29.8. The lowest BCUT2D eigenvalue weighted by Gasteiger charge is -2.38. The van der Waals surface area contributed by atoms with Crippen molar-refractivity contribution in [1.82, 2.24) is 0 Å². The van der Waals surface area contributed by atoms with E-state index >= 15 is 0 Å². The third kappa shape index (κ3) is 7.56. The SMILES string of the molecule is CCCCCCC1CCC(c2ccc(C3CCC(C4CCC(c5ccc(CC)c(F)c5)CC4)CC3)cc2)CC1. The second-order valence-electron chi connectivity index (χ2n) is 13.7. The van der Waals surface area contributed by atoms with Gasteiger partial charge in [-0.15, -0.1) is 0 Å². The van der Waals surface area contributed by atoms with Crippen LogP contribution in [0.25, 0.3) is 0 Å². The summed E-state index contributed by atoms with van der Waals surface area (Å²) in [6.07, 6.45) is 24.4. The molecule has 1 heteroatoms. The van der Waals surface area contributed by atoms with E-state index in [4.69, 9.17) is 0 Å². The third-order valence-electron chi connectivity index (χ3n) is 11.3. The molecular weight excluding hydrogens is 475 g/mol. The van der Waals surface area contributed by atoms with Crippen molar-refractivity contribution in [3.05, 3.63) is 70.5 Å². The van der Waals surface area contributed by atoms with Crippen LogP contribution in [0.4, 0.5) is 4.39 Å². The molecule has 0 heterocycles. The van der Waals surface area contributed by atoms with Crippen LogP contribution in [0.1, 0.15) is 163 Å². The highest BCUT2D eigenvalue weighted by Gasteiger charge is 2.32. The molecule has 214 valence electrons. The van der Waals surface area contributed by atoms with Crippen molar-refractivity contribution in [2.24, 2.45) is 17.8 Å². The van der Waals surface area contributed by atoms with Gasteiger partial charge in [-0.1, -0.05) is 82.3 Å². The number of hydrogen-bond acceptors (Lipinski definition) is 0. The van der Waals surface area contributed by atoms with Crippen LogP contribution in [0.15, 0.2) is 42.5 Å². The molecule has 0 aromatic heterocycles. The minimum absolute atomic E-state index is 0.00373. The Labute approximate surface area is 239 Å². The first-order valence-corrected chi connectivity index (χ1v) is 17.0. The number of benzene rings is 2. The predicted octanol–water partition coefficient (Wildman–Crippen LogP) is 11.9. The lowest BCUT2D eigenvalue weighted by Crippen LogP contribution is -2.25. The highest BCUT2D eigenvalue weighted by atomic mass is 19.1. The summed E-state index contributed by atoms with van der Waals surface area (Å²) < 4.78 is 14.3. The van der Waals surface area contributed by atoms with E-state index in [9.17, 15) is 4.39 Å². The highest BCUT2D eigenvalue weighted by Crippen LogP contribution is 2.46. The average Bonchev–Trinajstić information content (AvgIpc) is 3.00. The van der Waals surface area contributed by atoms with Crippen LogP contribution in [0, 0.1) is 23.6 Å². The molecule has 2 aromatic rings. The second-order valence-corrected chi connectivity index (χ2v) is 13.7. The standard InChI is InChI=1S/C38H55F/c1-3-5-6-7-8-28-9-11-30(12-10-28)31-14-16-32(17-15-31)33-18-20-34(21-19-33)35-22-24-36(25-23-35)37-26-13-29(4-2)38(39)27-37/h13-17,26-28,30,33-36H,3-12,18-25H2,1-2H3. The van der Waals surface area contributed by atoms with Gasteiger partial charge in [0.05, 0.1) is 0 Å². The van der Waals surface area contributed by atoms with E-state index in [2.05, 4.69) is 37.3 Å². The maximum Gasteiger partial charge on any atom is 0.126 e. The fourth-order valence-electron chi connectivity index (χ4n) is 8.64. The monoisotopic (exact) mass is 530 g/mol. The summed E-state index contributed by atoms with van der Waals surface area (Å²) in [6, 6.07) is 16.0. The van der Waals surface area contributed by atoms with E-state index in [0.29, 0.717) is 5.92 Å². The number of aryl methyl sites for hydroxylation is 1. The topological polar surface area (TPSA) is 0 Å². The van der Waals surface area contributed by atoms with Gasteiger partial charge in [0, 0.05) is 0 Å². The molecule has 2 aromatic carbocycles. The van der Waals surface area contributed by atoms with E-state index in [1.807, 2.05) is 19.1 Å². The van der Waals surface area contributed by atoms with Crippen LogP contribution in [0.2, 0.25) is 0 Å².